The normalized spacial score (nSPS) is 12.2. The Bertz CT molecular complexity index is 795. The van der Waals surface area contributed by atoms with Gasteiger partial charge < -0.3 is 5.32 Å². The minimum atomic E-state index is 0.207. The molecule has 0 saturated carbocycles. The van der Waals surface area contributed by atoms with Crippen molar-refractivity contribution in [2.45, 2.75) is 19.4 Å². The standard InChI is InChI=1S/C23H26N2/c1-4-18-14-11-17-21(22(18)24-20-15-9-6-10-16-20)23(25(2)3)19-12-7-5-8-13-19/h5-17,23-24H,4H2,1-3H3. The fourth-order valence-corrected chi connectivity index (χ4v) is 3.35. The van der Waals surface area contributed by atoms with Crippen LogP contribution >= 0.6 is 0 Å². The van der Waals surface area contributed by atoms with Crippen LogP contribution in [0.4, 0.5) is 11.4 Å². The highest BCUT2D eigenvalue weighted by atomic mass is 15.1. The number of anilines is 2. The third-order valence-corrected chi connectivity index (χ3v) is 4.53. The maximum atomic E-state index is 3.67. The first-order chi connectivity index (χ1) is 12.2. The van der Waals surface area contributed by atoms with E-state index in [2.05, 4.69) is 104 Å². The van der Waals surface area contributed by atoms with Gasteiger partial charge in [0.2, 0.25) is 0 Å². The van der Waals surface area contributed by atoms with Gasteiger partial charge in [0.1, 0.15) is 0 Å². The summed E-state index contributed by atoms with van der Waals surface area (Å²) in [6.07, 6.45) is 0.998. The molecule has 2 nitrogen and oxygen atoms in total. The first-order valence-corrected chi connectivity index (χ1v) is 8.86. The Morgan fingerprint density at radius 2 is 1.44 bits per heavy atom. The van der Waals surface area contributed by atoms with Gasteiger partial charge in [-0.3, -0.25) is 4.90 Å². The zero-order valence-electron chi connectivity index (χ0n) is 15.2. The van der Waals surface area contributed by atoms with E-state index in [1.807, 2.05) is 6.07 Å². The van der Waals surface area contributed by atoms with Gasteiger partial charge in [-0.15, -0.1) is 0 Å². The van der Waals surface area contributed by atoms with E-state index in [0.29, 0.717) is 0 Å². The Morgan fingerprint density at radius 3 is 2.04 bits per heavy atom. The zero-order chi connectivity index (χ0) is 17.6. The molecule has 128 valence electrons. The van der Waals surface area contributed by atoms with Gasteiger partial charge >= 0.3 is 0 Å². The molecule has 0 bridgehead atoms. The van der Waals surface area contributed by atoms with Crippen LogP contribution in [0.1, 0.15) is 29.7 Å². The summed E-state index contributed by atoms with van der Waals surface area (Å²) in [6.45, 7) is 2.21. The van der Waals surface area contributed by atoms with Gasteiger partial charge in [0.05, 0.1) is 6.04 Å². The lowest BCUT2D eigenvalue weighted by atomic mass is 9.93. The van der Waals surface area contributed by atoms with Gasteiger partial charge in [0.15, 0.2) is 0 Å². The fraction of sp³-hybridized carbons (Fsp3) is 0.217. The summed E-state index contributed by atoms with van der Waals surface area (Å²) in [4.78, 5) is 2.28. The van der Waals surface area contributed by atoms with E-state index in [9.17, 15) is 0 Å². The van der Waals surface area contributed by atoms with Crippen LogP contribution in [0, 0.1) is 0 Å². The molecule has 0 spiro atoms. The van der Waals surface area contributed by atoms with Crippen LogP contribution in [0.3, 0.4) is 0 Å². The highest BCUT2D eigenvalue weighted by molar-refractivity contribution is 5.68. The summed E-state index contributed by atoms with van der Waals surface area (Å²) in [6, 6.07) is 27.9. The zero-order valence-corrected chi connectivity index (χ0v) is 15.2. The quantitative estimate of drug-likeness (QED) is 0.629. The minimum Gasteiger partial charge on any atom is -0.355 e. The molecule has 25 heavy (non-hydrogen) atoms. The summed E-state index contributed by atoms with van der Waals surface area (Å²) >= 11 is 0. The smallest absolute Gasteiger partial charge is 0.0617 e. The summed E-state index contributed by atoms with van der Waals surface area (Å²) in [7, 11) is 4.28. The van der Waals surface area contributed by atoms with Crippen LogP contribution < -0.4 is 5.32 Å². The highest BCUT2D eigenvalue weighted by Gasteiger charge is 2.21. The molecule has 0 fully saturated rings. The number of hydrogen-bond donors (Lipinski definition) is 1. The molecule has 1 N–H and O–H groups in total. The van der Waals surface area contributed by atoms with Crippen LogP contribution in [-0.2, 0) is 6.42 Å². The average Bonchev–Trinajstić information content (AvgIpc) is 2.64. The molecule has 1 unspecified atom stereocenters. The molecule has 3 aromatic rings. The van der Waals surface area contributed by atoms with Crippen molar-refractivity contribution in [1.29, 1.82) is 0 Å². The topological polar surface area (TPSA) is 15.3 Å². The molecule has 0 saturated heterocycles. The van der Waals surface area contributed by atoms with Gasteiger partial charge in [0, 0.05) is 11.4 Å². The van der Waals surface area contributed by atoms with E-state index in [1.54, 1.807) is 0 Å². The number of benzene rings is 3. The lowest BCUT2D eigenvalue weighted by molar-refractivity contribution is 0.343. The SMILES string of the molecule is CCc1cccc(C(c2ccccc2)N(C)C)c1Nc1ccccc1. The molecular formula is C23H26N2. The second-order valence-corrected chi connectivity index (χ2v) is 6.50. The van der Waals surface area contributed by atoms with Crippen molar-refractivity contribution < 1.29 is 0 Å². The van der Waals surface area contributed by atoms with Crippen molar-refractivity contribution >= 4 is 11.4 Å². The van der Waals surface area contributed by atoms with Crippen molar-refractivity contribution in [1.82, 2.24) is 4.90 Å². The highest BCUT2D eigenvalue weighted by Crippen LogP contribution is 2.36. The molecule has 3 aromatic carbocycles. The van der Waals surface area contributed by atoms with Gasteiger partial charge in [-0.25, -0.2) is 0 Å². The third-order valence-electron chi connectivity index (χ3n) is 4.53. The van der Waals surface area contributed by atoms with Crippen LogP contribution in [0.15, 0.2) is 78.9 Å². The van der Waals surface area contributed by atoms with Crippen LogP contribution in [0.2, 0.25) is 0 Å². The van der Waals surface area contributed by atoms with E-state index in [1.165, 1.54) is 22.4 Å². The average molecular weight is 330 g/mol. The predicted octanol–water partition coefficient (Wildman–Crippen LogP) is 5.64. The lowest BCUT2D eigenvalue weighted by Crippen LogP contribution is -2.22. The van der Waals surface area contributed by atoms with Crippen molar-refractivity contribution in [2.75, 3.05) is 19.4 Å². The van der Waals surface area contributed by atoms with Gasteiger partial charge in [-0.05, 0) is 49.3 Å². The fourth-order valence-electron chi connectivity index (χ4n) is 3.35. The van der Waals surface area contributed by atoms with E-state index in [-0.39, 0.29) is 6.04 Å². The molecule has 0 aliphatic rings. The molecule has 3 rings (SSSR count). The van der Waals surface area contributed by atoms with Gasteiger partial charge in [-0.1, -0.05) is 73.7 Å². The molecule has 0 aromatic heterocycles. The van der Waals surface area contributed by atoms with E-state index < -0.39 is 0 Å². The van der Waals surface area contributed by atoms with E-state index >= 15 is 0 Å². The maximum absolute atomic E-state index is 3.67. The molecular weight excluding hydrogens is 304 g/mol. The predicted molar refractivity (Wildman–Crippen MR) is 108 cm³/mol. The molecule has 0 heterocycles. The summed E-state index contributed by atoms with van der Waals surface area (Å²) < 4.78 is 0. The number of para-hydroxylation sites is 2. The molecule has 0 radical (unpaired) electrons. The third kappa shape index (κ3) is 3.92. The monoisotopic (exact) mass is 330 g/mol. The van der Waals surface area contributed by atoms with Crippen LogP contribution in [-0.4, -0.2) is 19.0 Å². The molecule has 0 aliphatic carbocycles. The summed E-state index contributed by atoms with van der Waals surface area (Å²) in [5.74, 6) is 0. The minimum absolute atomic E-state index is 0.207. The Morgan fingerprint density at radius 1 is 0.800 bits per heavy atom. The van der Waals surface area contributed by atoms with Crippen molar-refractivity contribution in [3.05, 3.63) is 95.6 Å². The number of aryl methyl sites for hydroxylation is 1. The Balaban J connectivity index is 2.11. The van der Waals surface area contributed by atoms with Crippen molar-refractivity contribution in [3.63, 3.8) is 0 Å². The molecule has 0 amide bonds. The van der Waals surface area contributed by atoms with E-state index in [0.717, 1.165) is 12.1 Å². The summed E-state index contributed by atoms with van der Waals surface area (Å²) in [5.41, 5.74) is 6.29. The number of nitrogens with zero attached hydrogens (tertiary/aromatic N) is 1. The molecule has 2 heteroatoms. The maximum Gasteiger partial charge on any atom is 0.0617 e. The lowest BCUT2D eigenvalue weighted by Gasteiger charge is -2.29. The van der Waals surface area contributed by atoms with Crippen molar-refractivity contribution in [3.8, 4) is 0 Å². The van der Waals surface area contributed by atoms with E-state index in [4.69, 9.17) is 0 Å². The number of rotatable bonds is 6. The summed E-state index contributed by atoms with van der Waals surface area (Å²) in [5, 5.41) is 3.67. The van der Waals surface area contributed by atoms with Gasteiger partial charge in [0.25, 0.3) is 0 Å². The largest absolute Gasteiger partial charge is 0.355 e. The first-order valence-electron chi connectivity index (χ1n) is 8.86. The Hall–Kier alpha value is -2.58. The number of hydrogen-bond acceptors (Lipinski definition) is 2. The second kappa shape index (κ2) is 8.00. The first kappa shape index (κ1) is 17.2. The van der Waals surface area contributed by atoms with Crippen molar-refractivity contribution in [2.24, 2.45) is 0 Å². The second-order valence-electron chi connectivity index (χ2n) is 6.50. The van der Waals surface area contributed by atoms with Gasteiger partial charge in [-0.2, -0.15) is 0 Å². The molecule has 1 atom stereocenters. The Kier molecular flexibility index (Phi) is 5.52. The Labute approximate surface area is 151 Å². The van der Waals surface area contributed by atoms with Crippen LogP contribution in [0.5, 0.6) is 0 Å². The van der Waals surface area contributed by atoms with Crippen LogP contribution in [0.25, 0.3) is 0 Å². The number of nitrogens with one attached hydrogen (secondary N) is 1. The molecule has 0 aliphatic heterocycles.